The maximum Gasteiger partial charge on any atom is 0.229 e. The van der Waals surface area contributed by atoms with Crippen LogP contribution in [0.1, 0.15) is 31.4 Å². The number of nitrogens with one attached hydrogen (secondary N) is 1. The second-order valence-electron chi connectivity index (χ2n) is 5.94. The number of rotatable bonds is 3. The summed E-state index contributed by atoms with van der Waals surface area (Å²) >= 11 is 0. The maximum absolute atomic E-state index is 12.5. The average molecular weight is 263 g/mol. The van der Waals surface area contributed by atoms with E-state index in [0.29, 0.717) is 6.54 Å². The van der Waals surface area contributed by atoms with Gasteiger partial charge in [0, 0.05) is 26.6 Å². The summed E-state index contributed by atoms with van der Waals surface area (Å²) in [6, 6.07) is 0. The Morgan fingerprint density at radius 1 is 1.53 bits per heavy atom. The molecule has 6 nitrogen and oxygen atoms in total. The van der Waals surface area contributed by atoms with Crippen molar-refractivity contribution in [3.8, 4) is 0 Å². The fourth-order valence-corrected chi connectivity index (χ4v) is 3.07. The van der Waals surface area contributed by atoms with Crippen molar-refractivity contribution < 1.29 is 4.79 Å². The molecule has 0 aromatic carbocycles. The van der Waals surface area contributed by atoms with Gasteiger partial charge in [-0.15, -0.1) is 10.2 Å². The molecule has 1 saturated heterocycles. The molecule has 2 aliphatic heterocycles. The van der Waals surface area contributed by atoms with E-state index in [2.05, 4.69) is 20.1 Å². The van der Waals surface area contributed by atoms with Crippen LogP contribution in [-0.4, -0.2) is 45.7 Å². The van der Waals surface area contributed by atoms with Gasteiger partial charge in [0.25, 0.3) is 0 Å². The number of fused-ring (bicyclic) bond motifs is 1. The van der Waals surface area contributed by atoms with Crippen molar-refractivity contribution in [2.24, 2.45) is 5.41 Å². The second-order valence-corrected chi connectivity index (χ2v) is 5.94. The Labute approximate surface area is 113 Å². The predicted octanol–water partition coefficient (Wildman–Crippen LogP) is 0.182. The Morgan fingerprint density at radius 2 is 2.37 bits per heavy atom. The van der Waals surface area contributed by atoms with Gasteiger partial charge >= 0.3 is 0 Å². The minimum absolute atomic E-state index is 0.202. The molecule has 0 radical (unpaired) electrons. The van der Waals surface area contributed by atoms with Crippen molar-refractivity contribution in [2.45, 2.75) is 39.3 Å². The van der Waals surface area contributed by atoms with Crippen LogP contribution in [0.5, 0.6) is 0 Å². The van der Waals surface area contributed by atoms with Crippen LogP contribution in [0.3, 0.4) is 0 Å². The molecule has 1 aromatic heterocycles. The maximum atomic E-state index is 12.5. The van der Waals surface area contributed by atoms with Crippen molar-refractivity contribution in [3.63, 3.8) is 0 Å². The molecule has 1 fully saturated rings. The van der Waals surface area contributed by atoms with Crippen LogP contribution in [0, 0.1) is 5.41 Å². The average Bonchev–Trinajstić information content (AvgIpc) is 3.07. The molecule has 1 N–H and O–H groups in total. The molecule has 2 aliphatic rings. The third-order valence-corrected chi connectivity index (χ3v) is 4.30. The van der Waals surface area contributed by atoms with E-state index in [1.165, 1.54) is 0 Å². The highest BCUT2D eigenvalue weighted by Crippen LogP contribution is 2.27. The number of carbonyl (C=O) groups excluding carboxylic acids is 1. The van der Waals surface area contributed by atoms with E-state index < -0.39 is 0 Å². The number of aryl methyl sites for hydroxylation is 1. The summed E-state index contributed by atoms with van der Waals surface area (Å²) in [6.07, 6.45) is 3.05. The third kappa shape index (κ3) is 2.14. The zero-order valence-electron chi connectivity index (χ0n) is 11.6. The van der Waals surface area contributed by atoms with Crippen molar-refractivity contribution in [1.82, 2.24) is 25.0 Å². The fourth-order valence-electron chi connectivity index (χ4n) is 3.07. The zero-order chi connectivity index (χ0) is 13.5. The molecule has 3 rings (SSSR count). The van der Waals surface area contributed by atoms with Crippen molar-refractivity contribution >= 4 is 5.91 Å². The molecule has 0 bridgehead atoms. The second kappa shape index (κ2) is 4.59. The first-order chi connectivity index (χ1) is 9.10. The summed E-state index contributed by atoms with van der Waals surface area (Å²) in [5.74, 6) is 2.18. The largest absolute Gasteiger partial charge is 0.338 e. The first kappa shape index (κ1) is 12.6. The molecule has 1 atom stereocenters. The lowest BCUT2D eigenvalue weighted by atomic mass is 9.88. The van der Waals surface area contributed by atoms with Crippen molar-refractivity contribution in [2.75, 3.05) is 20.1 Å². The summed E-state index contributed by atoms with van der Waals surface area (Å²) in [6.45, 7) is 5.28. The highest BCUT2D eigenvalue weighted by atomic mass is 16.2. The topological polar surface area (TPSA) is 63.1 Å². The Kier molecular flexibility index (Phi) is 3.05. The van der Waals surface area contributed by atoms with Gasteiger partial charge in [-0.3, -0.25) is 4.79 Å². The summed E-state index contributed by atoms with van der Waals surface area (Å²) in [4.78, 5) is 14.3. The molecule has 0 saturated carbocycles. The zero-order valence-corrected chi connectivity index (χ0v) is 11.6. The van der Waals surface area contributed by atoms with Crippen LogP contribution in [-0.2, 0) is 24.3 Å². The summed E-state index contributed by atoms with van der Waals surface area (Å²) in [7, 11) is 1.86. The van der Waals surface area contributed by atoms with E-state index in [1.54, 1.807) is 4.90 Å². The number of hydrogen-bond donors (Lipinski definition) is 1. The summed E-state index contributed by atoms with van der Waals surface area (Å²) in [5.41, 5.74) is -0.261. The molecule has 6 heteroatoms. The molecular weight excluding hydrogens is 242 g/mol. The molecule has 0 aliphatic carbocycles. The molecule has 1 aromatic rings. The van der Waals surface area contributed by atoms with E-state index in [1.807, 2.05) is 14.0 Å². The lowest BCUT2D eigenvalue weighted by Gasteiger charge is -2.28. The molecule has 1 unspecified atom stereocenters. The molecular formula is C13H21N5O. The lowest BCUT2D eigenvalue weighted by molar-refractivity contribution is -0.139. The van der Waals surface area contributed by atoms with Gasteiger partial charge in [-0.05, 0) is 26.3 Å². The van der Waals surface area contributed by atoms with E-state index in [-0.39, 0.29) is 11.3 Å². The van der Waals surface area contributed by atoms with Crippen LogP contribution in [0.15, 0.2) is 0 Å². The number of amides is 1. The molecule has 104 valence electrons. The Hall–Kier alpha value is -1.43. The van der Waals surface area contributed by atoms with Crippen LogP contribution < -0.4 is 5.32 Å². The van der Waals surface area contributed by atoms with Crippen molar-refractivity contribution in [1.29, 1.82) is 0 Å². The Bertz CT molecular complexity index is 489. The van der Waals surface area contributed by atoms with Gasteiger partial charge in [0.05, 0.1) is 12.0 Å². The Balaban J connectivity index is 1.70. The number of nitrogens with zero attached hydrogens (tertiary/aromatic N) is 4. The summed E-state index contributed by atoms with van der Waals surface area (Å²) < 4.78 is 2.15. The van der Waals surface area contributed by atoms with Crippen LogP contribution >= 0.6 is 0 Å². The van der Waals surface area contributed by atoms with E-state index in [9.17, 15) is 4.79 Å². The van der Waals surface area contributed by atoms with Gasteiger partial charge in [-0.1, -0.05) is 0 Å². The van der Waals surface area contributed by atoms with E-state index in [4.69, 9.17) is 0 Å². The number of hydrogen-bond acceptors (Lipinski definition) is 4. The van der Waals surface area contributed by atoms with E-state index >= 15 is 0 Å². The molecule has 1 amide bonds. The minimum atomic E-state index is -0.261. The predicted molar refractivity (Wildman–Crippen MR) is 70.4 cm³/mol. The Morgan fingerprint density at radius 3 is 3.11 bits per heavy atom. The SMILES string of the molecule is CN(Cc1nnc2n1CCC2)C(=O)C1(C)CCNC1. The highest BCUT2D eigenvalue weighted by Gasteiger charge is 2.38. The van der Waals surface area contributed by atoms with E-state index in [0.717, 1.165) is 50.5 Å². The first-order valence-electron chi connectivity index (χ1n) is 6.97. The standard InChI is InChI=1S/C13H21N5O/c1-13(5-6-14-9-13)12(19)17(2)8-11-16-15-10-4-3-7-18(10)11/h14H,3-9H2,1-2H3. The summed E-state index contributed by atoms with van der Waals surface area (Å²) in [5, 5.41) is 11.7. The van der Waals surface area contributed by atoms with Gasteiger partial charge < -0.3 is 14.8 Å². The smallest absolute Gasteiger partial charge is 0.229 e. The quantitative estimate of drug-likeness (QED) is 0.845. The van der Waals surface area contributed by atoms with Crippen LogP contribution in [0.2, 0.25) is 0 Å². The van der Waals surface area contributed by atoms with Crippen LogP contribution in [0.25, 0.3) is 0 Å². The van der Waals surface area contributed by atoms with Gasteiger partial charge in [-0.2, -0.15) is 0 Å². The van der Waals surface area contributed by atoms with Crippen molar-refractivity contribution in [3.05, 3.63) is 11.6 Å². The normalized spacial score (nSPS) is 25.6. The van der Waals surface area contributed by atoms with Gasteiger partial charge in [0.2, 0.25) is 5.91 Å². The highest BCUT2D eigenvalue weighted by molar-refractivity contribution is 5.82. The van der Waals surface area contributed by atoms with Gasteiger partial charge in [0.15, 0.2) is 5.82 Å². The number of aromatic nitrogens is 3. The molecule has 0 spiro atoms. The first-order valence-corrected chi connectivity index (χ1v) is 6.97. The lowest BCUT2D eigenvalue weighted by Crippen LogP contribution is -2.41. The minimum Gasteiger partial charge on any atom is -0.338 e. The van der Waals surface area contributed by atoms with Crippen LogP contribution in [0.4, 0.5) is 0 Å². The monoisotopic (exact) mass is 263 g/mol. The molecule has 19 heavy (non-hydrogen) atoms. The number of carbonyl (C=O) groups is 1. The molecule has 3 heterocycles. The third-order valence-electron chi connectivity index (χ3n) is 4.30. The van der Waals surface area contributed by atoms with Gasteiger partial charge in [0.1, 0.15) is 5.82 Å². The van der Waals surface area contributed by atoms with Gasteiger partial charge in [-0.25, -0.2) is 0 Å². The fraction of sp³-hybridized carbons (Fsp3) is 0.769.